The van der Waals surface area contributed by atoms with Crippen LogP contribution >= 0.6 is 0 Å². The molecule has 780 valence electrons. The molecule has 0 bridgehead atoms. The van der Waals surface area contributed by atoms with E-state index in [-0.39, 0.29) is 0 Å². The number of rotatable bonds is 0. The number of fused-ring (bicyclic) bond motifs is 47. The highest BCUT2D eigenvalue weighted by Gasteiger charge is 2.32. The van der Waals surface area contributed by atoms with E-state index in [4.69, 9.17) is 0 Å². The lowest BCUT2D eigenvalue weighted by Gasteiger charge is -2.17. The maximum atomic E-state index is 2.43. The van der Waals surface area contributed by atoms with Crippen molar-refractivity contribution in [2.45, 2.75) is 288 Å². The molecule has 0 saturated carbocycles. The van der Waals surface area contributed by atoms with Crippen LogP contribution in [0.3, 0.4) is 0 Å². The van der Waals surface area contributed by atoms with Crippen molar-refractivity contribution < 1.29 is 0 Å². The molecule has 0 fully saturated rings. The van der Waals surface area contributed by atoms with E-state index >= 15 is 0 Å². The summed E-state index contributed by atoms with van der Waals surface area (Å²) in [5.74, 6) is 0. The number of hydrogen-bond donors (Lipinski definition) is 0. The van der Waals surface area contributed by atoms with Gasteiger partial charge in [-0.2, -0.15) is 0 Å². The molecular weight excluding hydrogens is 1800 g/mol. The van der Waals surface area contributed by atoms with Crippen LogP contribution in [-0.4, -0.2) is 0 Å². The SMILES string of the molecule is CC.CC.CC.CC.CC.CC.CC.CC.CC.CC.CC.CC.CC.CC.CC.CC.CC.CC.c1ccc2c(c1)Cc1c-2ccc2c3ccccc3c3ccc4c(c3c12)-c1ccccc1C4.c1ccc2c(c1)Cc1c-2ccc2c3ccccc3c3ccc4c(c3c12)Cc1ccccc1-4.c1ccc2c(c1)Cc1cc3c4ccccc4c4ccccc4c3cc1-2.c1ccc2c(c1)Cc1ccc3c4ccccc4c4ccccc4c3c1-2. The van der Waals surface area contributed by atoms with Crippen molar-refractivity contribution in [1.29, 1.82) is 0 Å². The molecule has 6 aliphatic carbocycles. The van der Waals surface area contributed by atoms with Crippen molar-refractivity contribution in [3.8, 4) is 66.8 Å². The monoisotopic (exact) mass is 1980 g/mol. The minimum absolute atomic E-state index is 1.02. The smallest absolute Gasteiger partial charge is 0.000705 e. The van der Waals surface area contributed by atoms with Gasteiger partial charge in [0.05, 0.1) is 0 Å². The Hall–Kier alpha value is -14.0. The van der Waals surface area contributed by atoms with Gasteiger partial charge in [-0.15, -0.1) is 0 Å². The maximum absolute atomic E-state index is 2.43. The van der Waals surface area contributed by atoms with Gasteiger partial charge < -0.3 is 0 Å². The third-order valence-electron chi connectivity index (χ3n) is 26.8. The van der Waals surface area contributed by atoms with E-state index in [0.29, 0.717) is 0 Å². The Labute approximate surface area is 908 Å². The molecule has 28 rings (SSSR count). The van der Waals surface area contributed by atoms with Gasteiger partial charge in [0, 0.05) is 0 Å². The molecule has 6 aliphatic rings. The fourth-order valence-electron chi connectivity index (χ4n) is 21.9. The van der Waals surface area contributed by atoms with Gasteiger partial charge in [0.15, 0.2) is 0 Å². The summed E-state index contributed by atoms with van der Waals surface area (Å²) in [6, 6.07) is 135. The Balaban J connectivity index is 0.000000246. The molecular formula is C150H180. The largest absolute Gasteiger partial charge is 0.0683 e. The molecule has 0 radical (unpaired) electrons. The highest BCUT2D eigenvalue weighted by atomic mass is 14.3. The molecule has 0 unspecified atom stereocenters. The first kappa shape index (κ1) is 123. The van der Waals surface area contributed by atoms with Crippen molar-refractivity contribution in [3.05, 3.63) is 431 Å². The van der Waals surface area contributed by atoms with Crippen LogP contribution in [0.25, 0.3) is 196 Å². The van der Waals surface area contributed by atoms with E-state index in [1.165, 1.54) is 263 Å². The van der Waals surface area contributed by atoms with Crippen LogP contribution in [0.5, 0.6) is 0 Å². The molecule has 150 heavy (non-hydrogen) atoms. The summed E-state index contributed by atoms with van der Waals surface area (Å²) >= 11 is 0. The van der Waals surface area contributed by atoms with Gasteiger partial charge in [0.1, 0.15) is 0 Å². The van der Waals surface area contributed by atoms with Crippen LogP contribution in [0.15, 0.2) is 364 Å². The van der Waals surface area contributed by atoms with Gasteiger partial charge in [0.25, 0.3) is 0 Å². The Bertz CT molecular complexity index is 7820. The lowest BCUT2D eigenvalue weighted by atomic mass is 9.86. The minimum Gasteiger partial charge on any atom is -0.0683 e. The van der Waals surface area contributed by atoms with Crippen LogP contribution in [0.2, 0.25) is 0 Å². The Morgan fingerprint density at radius 3 is 0.560 bits per heavy atom. The maximum Gasteiger partial charge on any atom is -0.000705 e. The third kappa shape index (κ3) is 23.9. The number of hydrogen-bond acceptors (Lipinski definition) is 0. The molecule has 0 nitrogen and oxygen atoms in total. The normalized spacial score (nSPS) is 10.6. The quantitative estimate of drug-likeness (QED) is 0.133. The zero-order valence-electron chi connectivity index (χ0n) is 98.9. The molecule has 0 spiro atoms. The second-order valence-corrected chi connectivity index (χ2v) is 32.4. The zero-order valence-corrected chi connectivity index (χ0v) is 98.9. The second kappa shape index (κ2) is 63.1. The summed E-state index contributed by atoms with van der Waals surface area (Å²) < 4.78 is 0. The predicted molar refractivity (Wildman–Crippen MR) is 690 cm³/mol. The average Bonchev–Trinajstić information content (AvgIpc) is 1.52. The summed E-state index contributed by atoms with van der Waals surface area (Å²) in [5, 5.41) is 33.2. The Morgan fingerprint density at radius 1 is 0.100 bits per heavy atom. The van der Waals surface area contributed by atoms with Crippen molar-refractivity contribution in [1.82, 2.24) is 0 Å². The van der Waals surface area contributed by atoms with Gasteiger partial charge in [-0.1, -0.05) is 601 Å². The van der Waals surface area contributed by atoms with E-state index in [0.717, 1.165) is 38.5 Å². The van der Waals surface area contributed by atoms with Crippen LogP contribution in [0.4, 0.5) is 0 Å². The van der Waals surface area contributed by atoms with Gasteiger partial charge in [0.2, 0.25) is 0 Å². The number of benzene rings is 22. The first-order valence-electron chi connectivity index (χ1n) is 58.6. The van der Waals surface area contributed by atoms with Gasteiger partial charge in [-0.05, 0) is 313 Å². The van der Waals surface area contributed by atoms with Gasteiger partial charge in [-0.3, -0.25) is 0 Å². The van der Waals surface area contributed by atoms with Crippen LogP contribution < -0.4 is 0 Å². The molecule has 0 amide bonds. The summed E-state index contributed by atoms with van der Waals surface area (Å²) in [5.41, 5.74) is 34.5. The molecule has 0 heterocycles. The van der Waals surface area contributed by atoms with E-state index in [2.05, 4.69) is 364 Å². The summed E-state index contributed by atoms with van der Waals surface area (Å²) in [4.78, 5) is 0. The Kier molecular flexibility index (Phi) is 51.7. The fourth-order valence-corrected chi connectivity index (χ4v) is 21.9. The molecule has 22 aromatic carbocycles. The highest BCUT2D eigenvalue weighted by molar-refractivity contribution is 6.33. The van der Waals surface area contributed by atoms with Crippen LogP contribution in [0.1, 0.15) is 316 Å². The van der Waals surface area contributed by atoms with Gasteiger partial charge >= 0.3 is 0 Å². The van der Waals surface area contributed by atoms with Crippen LogP contribution in [-0.2, 0) is 38.5 Å². The van der Waals surface area contributed by atoms with E-state index < -0.39 is 0 Å². The standard InChI is InChI=1S/2C32H20.2C25H16.18C2H6/c1-3-9-22-20(8-1)18-29-26(22)15-16-27-24-11-5-6-12-25(24)28-14-13-21-17-19-7-2-4-10-23(19)30(21)32(28)31(27)29;1-3-9-21-19(7-1)17-29-25(21)13-15-27-23-11-5-6-12-24(23)28-16-14-26-22-10-4-2-8-20(22)18-30(26)32(28)31(27)29;1-2-8-18-16(7-1)13-17-14-24-21-11-5-3-9-19(21)20-10-4-6-12-22(20)25(24)15-23(17)18;1-2-8-18-16(7-1)15-17-13-14-23-21-11-4-3-9-19(21)20-10-5-6-12-22(20)25(23)24(17)18;18*1-2/h2*1-16H,17-18H2;1-12,14-15H,13H2;1-14H,15H2;18*1-2H3. The summed E-state index contributed by atoms with van der Waals surface area (Å²) in [6.07, 6.45) is 6.18. The highest BCUT2D eigenvalue weighted by Crippen LogP contribution is 2.55. The molecule has 0 N–H and O–H groups in total. The lowest BCUT2D eigenvalue weighted by Crippen LogP contribution is -1.93. The van der Waals surface area contributed by atoms with E-state index in [1.807, 2.05) is 249 Å². The summed E-state index contributed by atoms with van der Waals surface area (Å²) in [6.45, 7) is 72.0. The van der Waals surface area contributed by atoms with Gasteiger partial charge in [-0.25, -0.2) is 0 Å². The van der Waals surface area contributed by atoms with Crippen molar-refractivity contribution >= 4 is 129 Å². The molecule has 0 atom stereocenters. The third-order valence-corrected chi connectivity index (χ3v) is 26.8. The first-order chi connectivity index (χ1) is 74.6. The molecule has 0 saturated heterocycles. The lowest BCUT2D eigenvalue weighted by molar-refractivity contribution is 1.27. The molecule has 0 heteroatoms. The summed E-state index contributed by atoms with van der Waals surface area (Å²) in [7, 11) is 0. The van der Waals surface area contributed by atoms with Crippen molar-refractivity contribution in [3.63, 3.8) is 0 Å². The average molecular weight is 1980 g/mol. The zero-order chi connectivity index (χ0) is 110. The van der Waals surface area contributed by atoms with Crippen LogP contribution in [0, 0.1) is 0 Å². The predicted octanol–water partition coefficient (Wildman–Crippen LogP) is 48.5. The van der Waals surface area contributed by atoms with E-state index in [1.54, 1.807) is 0 Å². The second-order valence-electron chi connectivity index (χ2n) is 32.4. The first-order valence-corrected chi connectivity index (χ1v) is 58.6. The molecule has 22 aromatic rings. The molecule has 0 aromatic heterocycles. The fraction of sp³-hybridized carbons (Fsp3) is 0.280. The Morgan fingerprint density at radius 2 is 0.273 bits per heavy atom. The molecule has 0 aliphatic heterocycles. The minimum atomic E-state index is 1.02. The topological polar surface area (TPSA) is 0 Å². The van der Waals surface area contributed by atoms with E-state index in [9.17, 15) is 0 Å². The van der Waals surface area contributed by atoms with Crippen molar-refractivity contribution in [2.75, 3.05) is 0 Å². The van der Waals surface area contributed by atoms with Crippen molar-refractivity contribution in [2.24, 2.45) is 0 Å².